The number of pyridine rings is 2. The second kappa shape index (κ2) is 9.56. The molecular weight excluding hydrogens is 374 g/mol. The van der Waals surface area contributed by atoms with E-state index in [1.54, 1.807) is 0 Å². The highest BCUT2D eigenvalue weighted by Crippen LogP contribution is 2.33. The van der Waals surface area contributed by atoms with Crippen LogP contribution in [0.5, 0.6) is 0 Å². The van der Waals surface area contributed by atoms with Gasteiger partial charge in [-0.1, -0.05) is 19.1 Å². The molecule has 30 heavy (non-hydrogen) atoms. The van der Waals surface area contributed by atoms with E-state index < -0.39 is 0 Å². The van der Waals surface area contributed by atoms with E-state index in [9.17, 15) is 4.79 Å². The van der Waals surface area contributed by atoms with Gasteiger partial charge in [0.15, 0.2) is 0 Å². The number of carbonyl (C=O) groups excluding carboxylic acids is 1. The van der Waals surface area contributed by atoms with E-state index in [0.29, 0.717) is 18.2 Å². The molecule has 1 amide bonds. The van der Waals surface area contributed by atoms with Crippen LogP contribution in [0.2, 0.25) is 0 Å². The second-order valence-electron chi connectivity index (χ2n) is 8.56. The lowest BCUT2D eigenvalue weighted by atomic mass is 9.93. The molecule has 160 valence electrons. The Labute approximate surface area is 179 Å². The van der Waals surface area contributed by atoms with Crippen LogP contribution in [0.25, 0.3) is 0 Å². The van der Waals surface area contributed by atoms with Gasteiger partial charge in [-0.3, -0.25) is 4.79 Å². The zero-order valence-corrected chi connectivity index (χ0v) is 18.2. The van der Waals surface area contributed by atoms with Gasteiger partial charge >= 0.3 is 0 Å². The molecule has 0 radical (unpaired) electrons. The van der Waals surface area contributed by atoms with E-state index in [1.165, 1.54) is 0 Å². The molecule has 1 atom stereocenters. The maximum atomic E-state index is 13.1. The van der Waals surface area contributed by atoms with Gasteiger partial charge in [0.25, 0.3) is 0 Å². The van der Waals surface area contributed by atoms with Crippen LogP contribution < -0.4 is 5.32 Å². The Hall–Kier alpha value is -2.47. The van der Waals surface area contributed by atoms with Gasteiger partial charge in [0, 0.05) is 18.7 Å². The van der Waals surface area contributed by atoms with Crippen molar-refractivity contribution in [3.8, 4) is 0 Å². The number of aryl methyl sites for hydroxylation is 1. The van der Waals surface area contributed by atoms with Crippen molar-refractivity contribution in [1.29, 1.82) is 0 Å². The van der Waals surface area contributed by atoms with E-state index in [-0.39, 0.29) is 6.04 Å². The zero-order valence-electron chi connectivity index (χ0n) is 18.2. The van der Waals surface area contributed by atoms with Crippen molar-refractivity contribution in [1.82, 2.24) is 19.8 Å². The SMILES string of the molecule is CCN1CCC(CC(=O)N2CCC[C@@H]2c2cccc(Nc3cccc(C)n3)n2)CC1. The molecule has 2 aromatic heterocycles. The maximum absolute atomic E-state index is 13.1. The van der Waals surface area contributed by atoms with Gasteiger partial charge in [0.2, 0.25) is 5.91 Å². The van der Waals surface area contributed by atoms with E-state index >= 15 is 0 Å². The lowest BCUT2D eigenvalue weighted by Gasteiger charge is -2.32. The number of hydrogen-bond acceptors (Lipinski definition) is 5. The molecular formula is C24H33N5O. The quantitative estimate of drug-likeness (QED) is 0.773. The third-order valence-electron chi connectivity index (χ3n) is 6.45. The number of anilines is 2. The van der Waals surface area contributed by atoms with E-state index in [4.69, 9.17) is 4.98 Å². The fourth-order valence-electron chi connectivity index (χ4n) is 4.69. The van der Waals surface area contributed by atoms with Crippen molar-refractivity contribution >= 4 is 17.5 Å². The summed E-state index contributed by atoms with van der Waals surface area (Å²) in [4.78, 5) is 27.0. The molecule has 2 aromatic rings. The van der Waals surface area contributed by atoms with Gasteiger partial charge in [0.05, 0.1) is 11.7 Å². The van der Waals surface area contributed by atoms with Crippen LogP contribution in [0.15, 0.2) is 36.4 Å². The number of amides is 1. The Balaban J connectivity index is 1.41. The molecule has 0 unspecified atom stereocenters. The summed E-state index contributed by atoms with van der Waals surface area (Å²) in [5.74, 6) is 2.39. The minimum atomic E-state index is 0.0837. The van der Waals surface area contributed by atoms with E-state index in [2.05, 4.69) is 27.0 Å². The van der Waals surface area contributed by atoms with E-state index in [1.807, 2.05) is 43.3 Å². The van der Waals surface area contributed by atoms with Crippen molar-refractivity contribution in [3.05, 3.63) is 47.8 Å². The fraction of sp³-hybridized carbons (Fsp3) is 0.542. The molecule has 6 heteroatoms. The first-order chi connectivity index (χ1) is 14.6. The van der Waals surface area contributed by atoms with Gasteiger partial charge in [-0.2, -0.15) is 0 Å². The predicted molar refractivity (Wildman–Crippen MR) is 120 cm³/mol. The summed E-state index contributed by atoms with van der Waals surface area (Å²) in [6, 6.07) is 12.0. The molecule has 1 N–H and O–H groups in total. The van der Waals surface area contributed by atoms with Crippen LogP contribution in [0.3, 0.4) is 0 Å². The predicted octanol–water partition coefficient (Wildman–Crippen LogP) is 4.31. The number of nitrogens with one attached hydrogen (secondary N) is 1. The average molecular weight is 408 g/mol. The van der Waals surface area contributed by atoms with Gasteiger partial charge < -0.3 is 15.1 Å². The standard InChI is InChI=1S/C24H33N5O/c1-3-28-15-12-19(13-16-28)17-24(30)29-14-6-9-21(29)20-8-5-11-23(26-20)27-22-10-4-7-18(2)25-22/h4-5,7-8,10-11,19,21H,3,6,9,12-17H2,1-2H3,(H,25,26,27)/t21-/m1/s1. The molecule has 2 aliphatic rings. The summed E-state index contributed by atoms with van der Waals surface area (Å²) in [6.07, 6.45) is 4.99. The number of nitrogens with zero attached hydrogens (tertiary/aromatic N) is 4. The van der Waals surface area contributed by atoms with Crippen LogP contribution in [0.4, 0.5) is 11.6 Å². The van der Waals surface area contributed by atoms with Crippen molar-refractivity contribution < 1.29 is 4.79 Å². The van der Waals surface area contributed by atoms with Crippen molar-refractivity contribution in [3.63, 3.8) is 0 Å². The summed E-state index contributed by atoms with van der Waals surface area (Å²) in [5, 5.41) is 3.30. The number of aromatic nitrogens is 2. The van der Waals surface area contributed by atoms with Crippen molar-refractivity contribution in [2.24, 2.45) is 5.92 Å². The van der Waals surface area contributed by atoms with Gasteiger partial charge in [-0.25, -0.2) is 9.97 Å². The molecule has 0 aliphatic carbocycles. The maximum Gasteiger partial charge on any atom is 0.223 e. The van der Waals surface area contributed by atoms with Gasteiger partial charge in [-0.15, -0.1) is 0 Å². The summed E-state index contributed by atoms with van der Waals surface area (Å²) in [6.45, 7) is 8.40. The Kier molecular flexibility index (Phi) is 6.62. The summed E-state index contributed by atoms with van der Waals surface area (Å²) in [7, 11) is 0. The topological polar surface area (TPSA) is 61.4 Å². The van der Waals surface area contributed by atoms with E-state index in [0.717, 1.165) is 74.9 Å². The first-order valence-electron chi connectivity index (χ1n) is 11.3. The summed E-state index contributed by atoms with van der Waals surface area (Å²) < 4.78 is 0. The number of hydrogen-bond donors (Lipinski definition) is 1. The van der Waals surface area contributed by atoms with Crippen LogP contribution >= 0.6 is 0 Å². The van der Waals surface area contributed by atoms with Gasteiger partial charge in [-0.05, 0) is 82.4 Å². The molecule has 2 aliphatic heterocycles. The molecule has 2 saturated heterocycles. The highest BCUT2D eigenvalue weighted by Gasteiger charge is 2.32. The first kappa shape index (κ1) is 20.8. The Morgan fingerprint density at radius 1 is 1.03 bits per heavy atom. The minimum absolute atomic E-state index is 0.0837. The minimum Gasteiger partial charge on any atom is -0.334 e. The Morgan fingerprint density at radius 3 is 2.50 bits per heavy atom. The van der Waals surface area contributed by atoms with Crippen molar-refractivity contribution in [2.45, 2.75) is 52.0 Å². The Morgan fingerprint density at radius 2 is 1.77 bits per heavy atom. The normalized spacial score (nSPS) is 20.5. The Bertz CT molecular complexity index is 862. The lowest BCUT2D eigenvalue weighted by molar-refractivity contribution is -0.133. The largest absolute Gasteiger partial charge is 0.334 e. The van der Waals surface area contributed by atoms with Crippen LogP contribution in [-0.4, -0.2) is 51.9 Å². The molecule has 0 bridgehead atoms. The number of likely N-dealkylation sites (tertiary alicyclic amines) is 2. The molecule has 0 saturated carbocycles. The number of carbonyl (C=O) groups is 1. The molecule has 6 nitrogen and oxygen atoms in total. The highest BCUT2D eigenvalue weighted by atomic mass is 16.2. The average Bonchev–Trinajstić information content (AvgIpc) is 3.25. The first-order valence-corrected chi connectivity index (χ1v) is 11.3. The monoisotopic (exact) mass is 407 g/mol. The highest BCUT2D eigenvalue weighted by molar-refractivity contribution is 5.77. The third-order valence-corrected chi connectivity index (χ3v) is 6.45. The fourth-order valence-corrected chi connectivity index (χ4v) is 4.69. The second-order valence-corrected chi connectivity index (χ2v) is 8.56. The van der Waals surface area contributed by atoms with Crippen LogP contribution in [0, 0.1) is 12.8 Å². The molecule has 2 fully saturated rings. The summed E-state index contributed by atoms with van der Waals surface area (Å²) in [5.41, 5.74) is 1.94. The van der Waals surface area contributed by atoms with Gasteiger partial charge in [0.1, 0.15) is 11.6 Å². The van der Waals surface area contributed by atoms with Crippen LogP contribution in [0.1, 0.15) is 56.5 Å². The molecule has 0 spiro atoms. The number of piperidine rings is 1. The number of rotatable bonds is 6. The smallest absolute Gasteiger partial charge is 0.223 e. The molecule has 0 aromatic carbocycles. The van der Waals surface area contributed by atoms with Crippen LogP contribution in [-0.2, 0) is 4.79 Å². The summed E-state index contributed by atoms with van der Waals surface area (Å²) >= 11 is 0. The third kappa shape index (κ3) is 4.98. The molecule has 4 rings (SSSR count). The van der Waals surface area contributed by atoms with Crippen molar-refractivity contribution in [2.75, 3.05) is 31.5 Å². The molecule has 4 heterocycles. The zero-order chi connectivity index (χ0) is 20.9. The lowest BCUT2D eigenvalue weighted by Crippen LogP contribution is -2.37.